The SMILES string of the molecule is COc1ccc(CNc2ncncc2C(=O)NCCN2CCOCC2)cc1Cl. The summed E-state index contributed by atoms with van der Waals surface area (Å²) in [5, 5.41) is 6.64. The van der Waals surface area contributed by atoms with Gasteiger partial charge in [-0.05, 0) is 17.7 Å². The van der Waals surface area contributed by atoms with E-state index in [0.29, 0.717) is 35.2 Å². The summed E-state index contributed by atoms with van der Waals surface area (Å²) in [6.07, 6.45) is 2.92. The van der Waals surface area contributed by atoms with Gasteiger partial charge in [0.15, 0.2) is 0 Å². The number of nitrogens with zero attached hydrogens (tertiary/aromatic N) is 3. The molecule has 1 aliphatic rings. The van der Waals surface area contributed by atoms with Crippen molar-refractivity contribution in [2.24, 2.45) is 0 Å². The van der Waals surface area contributed by atoms with Crippen LogP contribution in [0.25, 0.3) is 0 Å². The molecule has 0 radical (unpaired) electrons. The lowest BCUT2D eigenvalue weighted by atomic mass is 10.2. The molecule has 0 bridgehead atoms. The predicted molar refractivity (Wildman–Crippen MR) is 107 cm³/mol. The highest BCUT2D eigenvalue weighted by molar-refractivity contribution is 6.32. The maximum Gasteiger partial charge on any atom is 0.256 e. The average molecular weight is 406 g/mol. The normalized spacial score (nSPS) is 14.5. The Labute approximate surface area is 169 Å². The number of ether oxygens (including phenoxy) is 2. The molecule has 1 amide bonds. The van der Waals surface area contributed by atoms with Gasteiger partial charge in [-0.15, -0.1) is 0 Å². The molecule has 8 nitrogen and oxygen atoms in total. The number of hydrogen-bond donors (Lipinski definition) is 2. The second-order valence-corrected chi connectivity index (χ2v) is 6.72. The largest absolute Gasteiger partial charge is 0.495 e. The van der Waals surface area contributed by atoms with Crippen LogP contribution in [0.1, 0.15) is 15.9 Å². The Morgan fingerprint density at radius 3 is 2.93 bits per heavy atom. The Morgan fingerprint density at radius 1 is 1.36 bits per heavy atom. The average Bonchev–Trinajstić information content (AvgIpc) is 2.73. The minimum Gasteiger partial charge on any atom is -0.495 e. The summed E-state index contributed by atoms with van der Waals surface area (Å²) in [4.78, 5) is 23.0. The zero-order chi connectivity index (χ0) is 19.8. The third kappa shape index (κ3) is 5.54. The van der Waals surface area contributed by atoms with E-state index < -0.39 is 0 Å². The number of hydrogen-bond acceptors (Lipinski definition) is 7. The number of methoxy groups -OCH3 is 1. The third-order valence-electron chi connectivity index (χ3n) is 4.45. The van der Waals surface area contributed by atoms with Crippen LogP contribution >= 0.6 is 11.6 Å². The number of benzene rings is 1. The van der Waals surface area contributed by atoms with E-state index in [4.69, 9.17) is 21.1 Å². The summed E-state index contributed by atoms with van der Waals surface area (Å²) in [5.74, 6) is 0.891. The summed E-state index contributed by atoms with van der Waals surface area (Å²) < 4.78 is 10.5. The molecule has 28 heavy (non-hydrogen) atoms. The van der Waals surface area contributed by atoms with Crippen LogP contribution in [0.5, 0.6) is 5.75 Å². The maximum atomic E-state index is 12.5. The highest BCUT2D eigenvalue weighted by atomic mass is 35.5. The van der Waals surface area contributed by atoms with Gasteiger partial charge in [-0.3, -0.25) is 9.69 Å². The van der Waals surface area contributed by atoms with Crippen molar-refractivity contribution in [1.29, 1.82) is 0 Å². The van der Waals surface area contributed by atoms with Crippen molar-refractivity contribution in [3.05, 3.63) is 46.9 Å². The number of anilines is 1. The molecule has 2 N–H and O–H groups in total. The topological polar surface area (TPSA) is 88.6 Å². The number of amides is 1. The standard InChI is InChI=1S/C19H24ClN5O3/c1-27-17-3-2-14(10-16(17)20)11-23-18-15(12-21-13-24-18)19(26)22-4-5-25-6-8-28-9-7-25/h2-3,10,12-13H,4-9,11H2,1H3,(H,22,26)(H,21,23,24). The molecule has 2 heterocycles. The van der Waals surface area contributed by atoms with Gasteiger partial charge >= 0.3 is 0 Å². The van der Waals surface area contributed by atoms with Crippen molar-refractivity contribution in [3.8, 4) is 5.75 Å². The smallest absolute Gasteiger partial charge is 0.256 e. The predicted octanol–water partition coefficient (Wildman–Crippen LogP) is 1.81. The molecule has 3 rings (SSSR count). The molecule has 0 spiro atoms. The lowest BCUT2D eigenvalue weighted by molar-refractivity contribution is 0.0383. The van der Waals surface area contributed by atoms with Gasteiger partial charge in [0.2, 0.25) is 0 Å². The highest BCUT2D eigenvalue weighted by Gasteiger charge is 2.14. The van der Waals surface area contributed by atoms with Crippen LogP contribution in [0.2, 0.25) is 5.02 Å². The molecule has 2 aromatic rings. The van der Waals surface area contributed by atoms with E-state index in [9.17, 15) is 4.79 Å². The number of halogens is 1. The number of carbonyl (C=O) groups is 1. The summed E-state index contributed by atoms with van der Waals surface area (Å²) in [7, 11) is 1.57. The molecular weight excluding hydrogens is 382 g/mol. The van der Waals surface area contributed by atoms with Crippen LogP contribution < -0.4 is 15.4 Å². The van der Waals surface area contributed by atoms with Crippen molar-refractivity contribution in [1.82, 2.24) is 20.2 Å². The van der Waals surface area contributed by atoms with E-state index >= 15 is 0 Å². The minimum atomic E-state index is -0.205. The first-order valence-corrected chi connectivity index (χ1v) is 9.50. The number of nitrogens with one attached hydrogen (secondary N) is 2. The lowest BCUT2D eigenvalue weighted by Crippen LogP contribution is -2.41. The van der Waals surface area contributed by atoms with E-state index in [-0.39, 0.29) is 5.91 Å². The summed E-state index contributed by atoms with van der Waals surface area (Å²) >= 11 is 6.16. The van der Waals surface area contributed by atoms with Gasteiger partial charge in [0, 0.05) is 38.9 Å². The van der Waals surface area contributed by atoms with Gasteiger partial charge in [-0.25, -0.2) is 9.97 Å². The fourth-order valence-electron chi connectivity index (χ4n) is 2.89. The molecule has 1 aromatic heterocycles. The molecule has 1 fully saturated rings. The molecule has 150 valence electrons. The van der Waals surface area contributed by atoms with Crippen LogP contribution in [-0.2, 0) is 11.3 Å². The molecular formula is C19H24ClN5O3. The highest BCUT2D eigenvalue weighted by Crippen LogP contribution is 2.25. The monoisotopic (exact) mass is 405 g/mol. The van der Waals surface area contributed by atoms with Crippen molar-refractivity contribution in [2.45, 2.75) is 6.54 Å². The maximum absolute atomic E-state index is 12.5. The first-order chi connectivity index (χ1) is 13.7. The van der Waals surface area contributed by atoms with Crippen LogP contribution in [0.3, 0.4) is 0 Å². The second-order valence-electron chi connectivity index (χ2n) is 6.32. The Kier molecular flexibility index (Phi) is 7.41. The fraction of sp³-hybridized carbons (Fsp3) is 0.421. The van der Waals surface area contributed by atoms with Gasteiger partial charge in [-0.1, -0.05) is 17.7 Å². The Hall–Kier alpha value is -2.42. The first-order valence-electron chi connectivity index (χ1n) is 9.12. The summed E-state index contributed by atoms with van der Waals surface area (Å²) in [6, 6.07) is 5.52. The van der Waals surface area contributed by atoms with Crippen LogP contribution in [0.4, 0.5) is 5.82 Å². The van der Waals surface area contributed by atoms with Crippen LogP contribution in [0.15, 0.2) is 30.7 Å². The minimum absolute atomic E-state index is 0.205. The first kappa shape index (κ1) is 20.3. The Balaban J connectivity index is 1.56. The number of rotatable bonds is 8. The molecule has 1 aliphatic heterocycles. The zero-order valence-electron chi connectivity index (χ0n) is 15.8. The van der Waals surface area contributed by atoms with E-state index in [2.05, 4.69) is 25.5 Å². The van der Waals surface area contributed by atoms with Gasteiger partial charge in [0.05, 0.1) is 30.9 Å². The molecule has 0 aliphatic carbocycles. The Morgan fingerprint density at radius 2 is 2.18 bits per heavy atom. The quantitative estimate of drug-likeness (QED) is 0.692. The number of aromatic nitrogens is 2. The van der Waals surface area contributed by atoms with Gasteiger partial charge < -0.3 is 20.1 Å². The van der Waals surface area contributed by atoms with E-state index in [1.165, 1.54) is 12.5 Å². The van der Waals surface area contributed by atoms with Crippen molar-refractivity contribution >= 4 is 23.3 Å². The molecule has 1 saturated heterocycles. The molecule has 0 saturated carbocycles. The van der Waals surface area contributed by atoms with E-state index in [1.54, 1.807) is 13.2 Å². The number of morpholine rings is 1. The second kappa shape index (κ2) is 10.2. The third-order valence-corrected chi connectivity index (χ3v) is 4.75. The van der Waals surface area contributed by atoms with Crippen molar-refractivity contribution in [2.75, 3.05) is 51.8 Å². The lowest BCUT2D eigenvalue weighted by Gasteiger charge is -2.26. The van der Waals surface area contributed by atoms with Gasteiger partial charge in [0.1, 0.15) is 17.9 Å². The van der Waals surface area contributed by atoms with Gasteiger partial charge in [0.25, 0.3) is 5.91 Å². The van der Waals surface area contributed by atoms with Gasteiger partial charge in [-0.2, -0.15) is 0 Å². The Bertz CT molecular complexity index is 799. The van der Waals surface area contributed by atoms with Crippen LogP contribution in [-0.4, -0.2) is 67.3 Å². The molecule has 0 atom stereocenters. The summed E-state index contributed by atoms with van der Waals surface area (Å²) in [6.45, 7) is 5.07. The van der Waals surface area contributed by atoms with E-state index in [1.807, 2.05) is 12.1 Å². The van der Waals surface area contributed by atoms with Crippen molar-refractivity contribution < 1.29 is 14.3 Å². The molecule has 1 aromatic carbocycles. The van der Waals surface area contributed by atoms with Crippen LogP contribution in [0, 0.1) is 0 Å². The zero-order valence-corrected chi connectivity index (χ0v) is 16.5. The van der Waals surface area contributed by atoms with Crippen molar-refractivity contribution in [3.63, 3.8) is 0 Å². The van der Waals surface area contributed by atoms with E-state index in [0.717, 1.165) is 38.4 Å². The fourth-order valence-corrected chi connectivity index (χ4v) is 3.17. The molecule has 9 heteroatoms. The molecule has 0 unspecified atom stereocenters. The summed E-state index contributed by atoms with van der Waals surface area (Å²) in [5.41, 5.74) is 1.35. The number of carbonyl (C=O) groups excluding carboxylic acids is 1.